The largest absolute Gasteiger partial charge is 0.298 e. The molecule has 2 heteroatoms. The van der Waals surface area contributed by atoms with E-state index >= 15 is 0 Å². The molecule has 0 saturated heterocycles. The fraction of sp³-hybridized carbons (Fsp3) is 0.889. The summed E-state index contributed by atoms with van der Waals surface area (Å²) in [6.45, 7) is 4.28. The Morgan fingerprint density at radius 1 is 1.55 bits per heavy atom. The zero-order valence-corrected chi connectivity index (χ0v) is 7.90. The third-order valence-corrected chi connectivity index (χ3v) is 3.07. The molecule has 0 radical (unpaired) electrons. The minimum atomic E-state index is -0.205. The maximum absolute atomic E-state index is 11.2. The van der Waals surface area contributed by atoms with E-state index in [1.165, 1.54) is 0 Å². The summed E-state index contributed by atoms with van der Waals surface area (Å²) >= 11 is 5.98. The van der Waals surface area contributed by atoms with Gasteiger partial charge in [0, 0.05) is 6.42 Å². The fourth-order valence-corrected chi connectivity index (χ4v) is 2.23. The summed E-state index contributed by atoms with van der Waals surface area (Å²) < 4.78 is 0. The van der Waals surface area contributed by atoms with Gasteiger partial charge in [-0.1, -0.05) is 13.8 Å². The molecule has 1 saturated carbocycles. The van der Waals surface area contributed by atoms with Crippen molar-refractivity contribution in [2.24, 2.45) is 11.8 Å². The topological polar surface area (TPSA) is 17.1 Å². The number of ketones is 1. The molecule has 1 nitrogen and oxygen atoms in total. The van der Waals surface area contributed by atoms with E-state index in [2.05, 4.69) is 13.8 Å². The predicted molar refractivity (Wildman–Crippen MR) is 46.8 cm³/mol. The average Bonchev–Trinajstić information content (AvgIpc) is 1.94. The molecule has 1 rings (SSSR count). The molecule has 0 bridgehead atoms. The molecule has 2 unspecified atom stereocenters. The van der Waals surface area contributed by atoms with Crippen LogP contribution >= 0.6 is 11.6 Å². The molecule has 0 aromatic heterocycles. The summed E-state index contributed by atoms with van der Waals surface area (Å²) in [7, 11) is 0. The molecule has 0 amide bonds. The van der Waals surface area contributed by atoms with Crippen LogP contribution in [0.5, 0.6) is 0 Å². The van der Waals surface area contributed by atoms with Crippen LogP contribution in [0.2, 0.25) is 0 Å². The van der Waals surface area contributed by atoms with E-state index in [1.54, 1.807) is 0 Å². The molecule has 0 spiro atoms. The predicted octanol–water partition coefficient (Wildman–Crippen LogP) is 2.62. The lowest BCUT2D eigenvalue weighted by atomic mass is 9.81. The summed E-state index contributed by atoms with van der Waals surface area (Å²) in [6.07, 6.45) is 2.85. The summed E-state index contributed by atoms with van der Waals surface area (Å²) in [5.74, 6) is 1.20. The zero-order valence-electron chi connectivity index (χ0n) is 7.14. The lowest BCUT2D eigenvalue weighted by Gasteiger charge is -2.28. The summed E-state index contributed by atoms with van der Waals surface area (Å²) in [4.78, 5) is 11.2. The number of Topliss-reactive ketones (excluding diaryl/α,β-unsaturated/α-hetero) is 1. The van der Waals surface area contributed by atoms with Gasteiger partial charge in [0.15, 0.2) is 5.78 Å². The monoisotopic (exact) mass is 174 g/mol. The van der Waals surface area contributed by atoms with Gasteiger partial charge in [-0.05, 0) is 24.7 Å². The van der Waals surface area contributed by atoms with Gasteiger partial charge in [0.2, 0.25) is 0 Å². The first-order chi connectivity index (χ1) is 5.13. The van der Waals surface area contributed by atoms with E-state index in [9.17, 15) is 4.79 Å². The number of halogens is 1. The summed E-state index contributed by atoms with van der Waals surface area (Å²) in [5.41, 5.74) is 0. The molecule has 0 aliphatic heterocycles. The molecule has 64 valence electrons. The third kappa shape index (κ3) is 1.96. The first-order valence-corrected chi connectivity index (χ1v) is 4.73. The smallest absolute Gasteiger partial charge is 0.150 e. The van der Waals surface area contributed by atoms with Crippen molar-refractivity contribution < 1.29 is 4.79 Å². The highest BCUT2D eigenvalue weighted by atomic mass is 35.5. The quantitative estimate of drug-likeness (QED) is 0.559. The number of carbonyl (C=O) groups is 1. The average molecular weight is 175 g/mol. The Hall–Kier alpha value is -0.0400. The molecule has 0 aromatic rings. The second-order valence-electron chi connectivity index (χ2n) is 3.67. The molecule has 11 heavy (non-hydrogen) atoms. The highest BCUT2D eigenvalue weighted by Crippen LogP contribution is 2.31. The van der Waals surface area contributed by atoms with Crippen molar-refractivity contribution in [3.05, 3.63) is 0 Å². The van der Waals surface area contributed by atoms with Crippen LogP contribution in [0.15, 0.2) is 0 Å². The van der Waals surface area contributed by atoms with Crippen LogP contribution in [0, 0.1) is 11.8 Å². The normalized spacial score (nSPS) is 32.9. The lowest BCUT2D eigenvalue weighted by molar-refractivity contribution is -0.121. The van der Waals surface area contributed by atoms with Crippen LogP contribution in [-0.2, 0) is 4.79 Å². The van der Waals surface area contributed by atoms with Crippen molar-refractivity contribution in [3.63, 3.8) is 0 Å². The van der Waals surface area contributed by atoms with E-state index in [0.29, 0.717) is 18.3 Å². The number of carbonyl (C=O) groups excluding carboxylic acids is 1. The Bertz CT molecular complexity index is 154. The Morgan fingerprint density at radius 2 is 2.18 bits per heavy atom. The molecule has 0 heterocycles. The Morgan fingerprint density at radius 3 is 2.64 bits per heavy atom. The van der Waals surface area contributed by atoms with Crippen molar-refractivity contribution in [3.8, 4) is 0 Å². The molecule has 2 atom stereocenters. The molecular formula is C9H15ClO. The Balaban J connectivity index is 2.58. The van der Waals surface area contributed by atoms with Crippen molar-refractivity contribution >= 4 is 17.4 Å². The summed E-state index contributed by atoms with van der Waals surface area (Å²) in [6, 6.07) is 0. The van der Waals surface area contributed by atoms with E-state index in [1.807, 2.05) is 0 Å². The van der Waals surface area contributed by atoms with Gasteiger partial charge in [0.25, 0.3) is 0 Å². The number of alkyl halides is 1. The highest BCUT2D eigenvalue weighted by molar-refractivity contribution is 6.31. The second kappa shape index (κ2) is 3.57. The van der Waals surface area contributed by atoms with E-state index in [4.69, 9.17) is 11.6 Å². The number of hydrogen-bond acceptors (Lipinski definition) is 1. The van der Waals surface area contributed by atoms with Crippen LogP contribution in [0.1, 0.15) is 33.1 Å². The molecule has 1 aliphatic carbocycles. The number of hydrogen-bond donors (Lipinski definition) is 0. The van der Waals surface area contributed by atoms with Crippen molar-refractivity contribution in [2.45, 2.75) is 38.5 Å². The van der Waals surface area contributed by atoms with E-state index in [0.717, 1.165) is 12.8 Å². The van der Waals surface area contributed by atoms with Gasteiger partial charge >= 0.3 is 0 Å². The standard InChI is InChI=1S/C9H15ClO/c1-6(2)7-4-3-5-8(11)9(7)10/h6-7,9H,3-5H2,1-2H3. The lowest BCUT2D eigenvalue weighted by Crippen LogP contribution is -2.32. The molecule has 1 aliphatic rings. The molecule has 1 fully saturated rings. The minimum Gasteiger partial charge on any atom is -0.298 e. The van der Waals surface area contributed by atoms with Crippen LogP contribution < -0.4 is 0 Å². The summed E-state index contributed by atoms with van der Waals surface area (Å²) in [5, 5.41) is -0.205. The first kappa shape index (κ1) is 9.05. The second-order valence-corrected chi connectivity index (χ2v) is 4.14. The van der Waals surface area contributed by atoms with Gasteiger partial charge in [-0.15, -0.1) is 11.6 Å². The van der Waals surface area contributed by atoms with Crippen molar-refractivity contribution in [1.29, 1.82) is 0 Å². The molecule has 0 aromatic carbocycles. The minimum absolute atomic E-state index is 0.205. The maximum Gasteiger partial charge on any atom is 0.150 e. The highest BCUT2D eigenvalue weighted by Gasteiger charge is 2.31. The van der Waals surface area contributed by atoms with Gasteiger partial charge in [0.1, 0.15) is 0 Å². The van der Waals surface area contributed by atoms with Gasteiger partial charge in [0.05, 0.1) is 5.38 Å². The van der Waals surface area contributed by atoms with Gasteiger partial charge in [-0.3, -0.25) is 4.79 Å². The van der Waals surface area contributed by atoms with Crippen molar-refractivity contribution in [2.75, 3.05) is 0 Å². The molecular weight excluding hydrogens is 160 g/mol. The van der Waals surface area contributed by atoms with Crippen LogP contribution in [0.25, 0.3) is 0 Å². The van der Waals surface area contributed by atoms with Crippen LogP contribution in [0.3, 0.4) is 0 Å². The SMILES string of the molecule is CC(C)C1CCCC(=O)C1Cl. The van der Waals surface area contributed by atoms with E-state index < -0.39 is 0 Å². The molecule has 0 N–H and O–H groups in total. The van der Waals surface area contributed by atoms with Crippen LogP contribution in [-0.4, -0.2) is 11.2 Å². The van der Waals surface area contributed by atoms with Gasteiger partial charge in [-0.25, -0.2) is 0 Å². The first-order valence-electron chi connectivity index (χ1n) is 4.29. The van der Waals surface area contributed by atoms with Gasteiger partial charge in [-0.2, -0.15) is 0 Å². The number of rotatable bonds is 1. The fourth-order valence-electron chi connectivity index (χ4n) is 1.71. The third-order valence-electron chi connectivity index (χ3n) is 2.50. The van der Waals surface area contributed by atoms with Crippen LogP contribution in [0.4, 0.5) is 0 Å². The van der Waals surface area contributed by atoms with E-state index in [-0.39, 0.29) is 11.2 Å². The Labute approximate surface area is 73.1 Å². The Kier molecular flexibility index (Phi) is 2.94. The zero-order chi connectivity index (χ0) is 8.43. The van der Waals surface area contributed by atoms with Gasteiger partial charge < -0.3 is 0 Å². The maximum atomic E-state index is 11.2. The van der Waals surface area contributed by atoms with Crippen molar-refractivity contribution in [1.82, 2.24) is 0 Å².